The third-order valence-corrected chi connectivity index (χ3v) is 11.0. The van der Waals surface area contributed by atoms with E-state index in [1.807, 2.05) is 26.0 Å². The number of ketones is 1. The topological polar surface area (TPSA) is 337 Å². The Hall–Kier alpha value is -9.36. The van der Waals surface area contributed by atoms with Crippen molar-refractivity contribution >= 4 is 64.9 Å². The number of aromatic hydroxyl groups is 2. The molecular formula is C51H43N2O18P. The minimum atomic E-state index is -4.11. The van der Waals surface area contributed by atoms with Crippen LogP contribution in [0.2, 0.25) is 0 Å². The van der Waals surface area contributed by atoms with Crippen molar-refractivity contribution in [3.05, 3.63) is 190 Å². The van der Waals surface area contributed by atoms with Gasteiger partial charge in [0.1, 0.15) is 40.0 Å². The smallest absolute Gasteiger partial charge is 0.356 e. The highest BCUT2D eigenvalue weighted by molar-refractivity contribution is 7.60. The van der Waals surface area contributed by atoms with Crippen LogP contribution in [0.5, 0.6) is 28.7 Å². The van der Waals surface area contributed by atoms with Crippen LogP contribution in [0.3, 0.4) is 0 Å². The Morgan fingerprint density at radius 3 is 1.61 bits per heavy atom. The Kier molecular flexibility index (Phi) is 17.3. The number of aryl methyl sites for hydroxylation is 2. The number of rotatable bonds is 12. The van der Waals surface area contributed by atoms with Crippen LogP contribution in [0, 0.1) is 13.8 Å². The van der Waals surface area contributed by atoms with Crippen LogP contribution >= 0.6 is 7.60 Å². The molecule has 0 fully saturated rings. The third kappa shape index (κ3) is 13.4. The number of hydrogen-bond acceptors (Lipinski definition) is 12. The number of carbonyl (C=O) groups excluding carboxylic acids is 1. The van der Waals surface area contributed by atoms with Gasteiger partial charge in [-0.3, -0.25) is 13.8 Å². The van der Waals surface area contributed by atoms with Crippen molar-refractivity contribution in [1.29, 1.82) is 0 Å². The maximum absolute atomic E-state index is 12.6. The minimum absolute atomic E-state index is 0.0101. The van der Waals surface area contributed by atoms with E-state index >= 15 is 0 Å². The molecule has 0 atom stereocenters. The molecule has 0 saturated carbocycles. The van der Waals surface area contributed by atoms with E-state index < -0.39 is 54.4 Å². The molecular weight excluding hydrogens is 960 g/mol. The number of ether oxygens (including phenoxy) is 2. The van der Waals surface area contributed by atoms with Gasteiger partial charge in [0.05, 0.1) is 34.3 Å². The molecule has 0 bridgehead atoms. The number of fused-ring (bicyclic) bond motifs is 2. The molecule has 20 nitrogen and oxygen atoms in total. The molecule has 370 valence electrons. The SMILES string of the molecule is CCOc1ccc(P(=O)(O)O)cc1.Cc1ccn2c(C(=O)O)c(C)nc2c1.O=C(O)c1cc(O)c2ccccc2c1O.O=C(O)c1ccc(Oc2ccc(C(=O)c3ccc(C(=O)O)c(C(=O)O)c3)cc2)cc1. The molecule has 0 aliphatic carbocycles. The number of carboxylic acid groups (broad SMARTS) is 5. The first-order chi connectivity index (χ1) is 34.0. The van der Waals surface area contributed by atoms with Crippen LogP contribution in [0.15, 0.2) is 140 Å². The van der Waals surface area contributed by atoms with E-state index in [0.717, 1.165) is 23.8 Å². The standard InChI is InChI=1S/C22H14O8.C11H8O4.C10H10N2O2.C8H11O4P/c23-19(14-5-10-17(21(26)27)18(11-14)22(28)29)12-1-6-15(7-2-12)30-16-8-3-13(4-9-16)20(24)25;12-9-5-8(11(14)15)10(13)7-4-2-1-3-6(7)9;1-6-3-4-12-8(5-6)11-7(2)9(12)10(13)14;1-2-12-7-3-5-8(6-4-7)13(9,10)11/h1-11H,(H,24,25)(H,26,27)(H,28,29);1-5,12-13H,(H,14,15);3-5H,1-2H3,(H,13,14);3-6H,2H2,1H3,(H2,9,10,11). The van der Waals surface area contributed by atoms with E-state index in [1.54, 1.807) is 41.8 Å². The summed E-state index contributed by atoms with van der Waals surface area (Å²) in [6, 6.07) is 32.3. The lowest BCUT2D eigenvalue weighted by molar-refractivity contribution is 0.0651. The molecule has 9 N–H and O–H groups in total. The first-order valence-corrected chi connectivity index (χ1v) is 22.5. The summed E-state index contributed by atoms with van der Waals surface area (Å²) >= 11 is 0. The van der Waals surface area contributed by atoms with E-state index in [2.05, 4.69) is 4.98 Å². The van der Waals surface area contributed by atoms with Crippen LogP contribution in [-0.2, 0) is 4.57 Å². The Bertz CT molecular complexity index is 3380. The van der Waals surface area contributed by atoms with Crippen LogP contribution in [0.4, 0.5) is 0 Å². The fourth-order valence-electron chi connectivity index (χ4n) is 6.62. The third-order valence-electron chi connectivity index (χ3n) is 10.1. The largest absolute Gasteiger partial charge is 0.507 e. The highest BCUT2D eigenvalue weighted by Gasteiger charge is 2.21. The van der Waals surface area contributed by atoms with Crippen molar-refractivity contribution in [1.82, 2.24) is 9.38 Å². The lowest BCUT2D eigenvalue weighted by Gasteiger charge is -2.08. The number of pyridine rings is 1. The lowest BCUT2D eigenvalue weighted by atomic mass is 9.98. The zero-order valence-corrected chi connectivity index (χ0v) is 38.9. The van der Waals surface area contributed by atoms with Gasteiger partial charge in [-0.15, -0.1) is 0 Å². The zero-order valence-electron chi connectivity index (χ0n) is 38.0. The Balaban J connectivity index is 0.000000193. The number of phenols is 2. The summed E-state index contributed by atoms with van der Waals surface area (Å²) in [5, 5.41) is 64.9. The molecule has 6 aromatic carbocycles. The van der Waals surface area contributed by atoms with Gasteiger partial charge in [-0.2, -0.15) is 0 Å². The van der Waals surface area contributed by atoms with Crippen LogP contribution in [0.25, 0.3) is 16.4 Å². The molecule has 2 heterocycles. The lowest BCUT2D eigenvalue weighted by Crippen LogP contribution is -2.11. The number of phenolic OH excluding ortho intramolecular Hbond substituents is 1. The van der Waals surface area contributed by atoms with Crippen LogP contribution in [-0.4, -0.2) is 97.2 Å². The fraction of sp³-hybridized carbons (Fsp3) is 0.0784. The Morgan fingerprint density at radius 2 is 1.10 bits per heavy atom. The molecule has 0 unspecified atom stereocenters. The number of benzene rings is 6. The highest BCUT2D eigenvalue weighted by Crippen LogP contribution is 2.35. The van der Waals surface area contributed by atoms with Gasteiger partial charge in [-0.25, -0.2) is 29.0 Å². The normalized spacial score (nSPS) is 10.6. The van der Waals surface area contributed by atoms with Gasteiger partial charge >= 0.3 is 37.4 Å². The van der Waals surface area contributed by atoms with E-state index in [0.29, 0.717) is 46.0 Å². The monoisotopic (exact) mass is 1000 g/mol. The highest BCUT2D eigenvalue weighted by atomic mass is 31.2. The summed E-state index contributed by atoms with van der Waals surface area (Å²) in [7, 11) is -4.11. The van der Waals surface area contributed by atoms with Gasteiger partial charge in [-0.1, -0.05) is 30.3 Å². The minimum Gasteiger partial charge on any atom is -0.507 e. The number of aromatic nitrogens is 2. The van der Waals surface area contributed by atoms with Gasteiger partial charge in [0.2, 0.25) is 0 Å². The molecule has 0 aliphatic rings. The second-order valence-electron chi connectivity index (χ2n) is 15.1. The van der Waals surface area contributed by atoms with Gasteiger partial charge in [0, 0.05) is 28.1 Å². The quantitative estimate of drug-likeness (QED) is 0.0315. The summed E-state index contributed by atoms with van der Waals surface area (Å²) in [5.41, 5.74) is 1.76. The average Bonchev–Trinajstić information content (AvgIpc) is 3.68. The van der Waals surface area contributed by atoms with Crippen molar-refractivity contribution in [2.24, 2.45) is 0 Å². The van der Waals surface area contributed by atoms with Gasteiger partial charge in [0.15, 0.2) is 11.5 Å². The Labute approximate surface area is 407 Å². The van der Waals surface area contributed by atoms with Crippen LogP contribution in [0.1, 0.15) is 86.0 Å². The summed E-state index contributed by atoms with van der Waals surface area (Å²) in [6.07, 6.45) is 1.73. The van der Waals surface area contributed by atoms with E-state index in [4.69, 9.17) is 39.7 Å². The molecule has 0 amide bonds. The molecule has 0 spiro atoms. The summed E-state index contributed by atoms with van der Waals surface area (Å²) < 4.78 is 23.1. The first-order valence-electron chi connectivity index (χ1n) is 20.9. The van der Waals surface area contributed by atoms with E-state index in [1.165, 1.54) is 78.9 Å². The van der Waals surface area contributed by atoms with Crippen molar-refractivity contribution in [2.75, 3.05) is 6.61 Å². The fourth-order valence-corrected chi connectivity index (χ4v) is 7.16. The molecule has 8 aromatic rings. The Morgan fingerprint density at radius 1 is 0.569 bits per heavy atom. The van der Waals surface area contributed by atoms with Gasteiger partial charge < -0.3 is 55.0 Å². The van der Waals surface area contributed by atoms with Gasteiger partial charge in [0.25, 0.3) is 0 Å². The maximum Gasteiger partial charge on any atom is 0.356 e. The summed E-state index contributed by atoms with van der Waals surface area (Å²) in [5.74, 6) is -5.64. The number of hydrogen-bond donors (Lipinski definition) is 9. The molecule has 0 aliphatic heterocycles. The number of carbonyl (C=O) groups is 6. The molecule has 8 rings (SSSR count). The summed E-state index contributed by atoms with van der Waals surface area (Å²) in [6.45, 7) is 6.03. The average molecular weight is 1000 g/mol. The first kappa shape index (κ1) is 53.6. The number of nitrogens with zero attached hydrogens (tertiary/aromatic N) is 2. The molecule has 0 saturated heterocycles. The second-order valence-corrected chi connectivity index (χ2v) is 16.7. The van der Waals surface area contributed by atoms with E-state index in [9.17, 15) is 48.7 Å². The van der Waals surface area contributed by atoms with Gasteiger partial charge in [-0.05, 0) is 129 Å². The van der Waals surface area contributed by atoms with Crippen LogP contribution < -0.4 is 14.8 Å². The van der Waals surface area contributed by atoms with Crippen molar-refractivity contribution in [2.45, 2.75) is 20.8 Å². The molecule has 21 heteroatoms. The predicted octanol–water partition coefficient (Wildman–Crippen LogP) is 8.29. The number of carboxylic acids is 5. The molecule has 72 heavy (non-hydrogen) atoms. The van der Waals surface area contributed by atoms with Crippen molar-refractivity contribution in [3.8, 4) is 28.7 Å². The summed E-state index contributed by atoms with van der Waals surface area (Å²) in [4.78, 5) is 89.3. The number of imidazole rings is 1. The van der Waals surface area contributed by atoms with E-state index in [-0.39, 0.29) is 44.8 Å². The second kappa shape index (κ2) is 23.3. The maximum atomic E-state index is 12.6. The molecule has 0 radical (unpaired) electrons. The molecule has 2 aromatic heterocycles. The predicted molar refractivity (Wildman–Crippen MR) is 259 cm³/mol. The van der Waals surface area contributed by atoms with Crippen molar-refractivity contribution < 1.29 is 88.3 Å². The number of aromatic carboxylic acids is 5. The van der Waals surface area contributed by atoms with Crippen molar-refractivity contribution in [3.63, 3.8) is 0 Å². The zero-order chi connectivity index (χ0) is 53.0.